The van der Waals surface area contributed by atoms with Crippen LogP contribution in [-0.2, 0) is 0 Å². The van der Waals surface area contributed by atoms with Crippen LogP contribution in [0.15, 0.2) is 85.2 Å². The largest absolute Gasteiger partial charge is 0.276 e. The van der Waals surface area contributed by atoms with Crippen LogP contribution >= 0.6 is 11.3 Å². The van der Waals surface area contributed by atoms with E-state index in [2.05, 4.69) is 47.0 Å². The molecule has 30 heavy (non-hydrogen) atoms. The van der Waals surface area contributed by atoms with Gasteiger partial charge in [0.25, 0.3) is 0 Å². The van der Waals surface area contributed by atoms with Gasteiger partial charge in [0.1, 0.15) is 0 Å². The van der Waals surface area contributed by atoms with Crippen LogP contribution in [0.4, 0.5) is 0 Å². The Morgan fingerprint density at radius 2 is 1.63 bits per heavy atom. The minimum atomic E-state index is 0.671. The predicted octanol–water partition coefficient (Wildman–Crippen LogP) is 6.49. The highest BCUT2D eigenvalue weighted by Gasteiger charge is 2.19. The van der Waals surface area contributed by atoms with Crippen LogP contribution < -0.4 is 0 Å². The molecule has 3 aromatic carbocycles. The summed E-state index contributed by atoms with van der Waals surface area (Å²) in [4.78, 5) is 14.4. The number of fused-ring (bicyclic) bond motifs is 8. The molecule has 0 bridgehead atoms. The first-order valence-electron chi connectivity index (χ1n) is 9.80. The first kappa shape index (κ1) is 16.0. The summed E-state index contributed by atoms with van der Waals surface area (Å²) in [5.74, 6) is 0.671. The number of hydrogen-bond donors (Lipinski definition) is 0. The van der Waals surface area contributed by atoms with Gasteiger partial charge < -0.3 is 0 Å². The second kappa shape index (κ2) is 5.84. The van der Waals surface area contributed by atoms with E-state index in [4.69, 9.17) is 15.0 Å². The Balaban J connectivity index is 1.74. The van der Waals surface area contributed by atoms with Crippen molar-refractivity contribution < 1.29 is 0 Å². The summed E-state index contributed by atoms with van der Waals surface area (Å²) in [7, 11) is 0. The van der Waals surface area contributed by atoms with Gasteiger partial charge in [-0.15, -0.1) is 11.3 Å². The molecule has 7 aromatic rings. The smallest absolute Gasteiger partial charge is 0.235 e. The zero-order chi connectivity index (χ0) is 19.7. The molecule has 4 aromatic heterocycles. The van der Waals surface area contributed by atoms with E-state index < -0.39 is 0 Å². The topological polar surface area (TPSA) is 43.6 Å². The molecule has 0 aliphatic carbocycles. The molecule has 0 saturated carbocycles. The third kappa shape index (κ3) is 2.07. The fraction of sp³-hybridized carbons (Fsp3) is 0. The quantitative estimate of drug-likeness (QED) is 0.315. The lowest BCUT2D eigenvalue weighted by Crippen LogP contribution is -2.01. The first-order chi connectivity index (χ1) is 14.9. The van der Waals surface area contributed by atoms with Crippen LogP contribution in [0.2, 0.25) is 0 Å². The van der Waals surface area contributed by atoms with Crippen molar-refractivity contribution in [3.05, 3.63) is 85.2 Å². The first-order valence-corrected chi connectivity index (χ1v) is 10.6. The number of aromatic nitrogens is 4. The van der Waals surface area contributed by atoms with Crippen molar-refractivity contribution in [1.82, 2.24) is 19.5 Å². The molecule has 0 spiro atoms. The molecule has 7 rings (SSSR count). The summed E-state index contributed by atoms with van der Waals surface area (Å²) in [5, 5.41) is 4.65. The van der Waals surface area contributed by atoms with Gasteiger partial charge in [-0.25, -0.2) is 9.97 Å². The Hall–Kier alpha value is -3.83. The number of thiophene rings is 1. The molecule has 4 heterocycles. The highest BCUT2D eigenvalue weighted by molar-refractivity contribution is 7.26. The maximum Gasteiger partial charge on any atom is 0.235 e. The summed E-state index contributed by atoms with van der Waals surface area (Å²) < 4.78 is 4.71. The van der Waals surface area contributed by atoms with E-state index in [0.717, 1.165) is 32.8 Å². The van der Waals surface area contributed by atoms with Gasteiger partial charge >= 0.3 is 0 Å². The average Bonchev–Trinajstić information content (AvgIpc) is 3.34. The molecule has 0 unspecified atom stereocenters. The van der Waals surface area contributed by atoms with Gasteiger partial charge in [0.05, 0.1) is 22.1 Å². The number of pyridine rings is 1. The fourth-order valence-electron chi connectivity index (χ4n) is 4.41. The molecule has 4 nitrogen and oxygen atoms in total. The Morgan fingerprint density at radius 1 is 0.733 bits per heavy atom. The maximum atomic E-state index is 4.92. The molecule has 0 saturated heterocycles. The van der Waals surface area contributed by atoms with E-state index in [0.29, 0.717) is 5.95 Å². The fourth-order valence-corrected chi connectivity index (χ4v) is 5.51. The molecule has 0 aliphatic heterocycles. The minimum absolute atomic E-state index is 0.671. The standard InChI is InChI=1S/C25H14N4S/c1-3-8-18-15(6-1)14-27-25(28-18)29-19-9-5-13-26-23(19)17-11-12-21-22(24(17)29)16-7-2-4-10-20(16)30-21/h1-14H. The van der Waals surface area contributed by atoms with Crippen molar-refractivity contribution >= 4 is 64.3 Å². The van der Waals surface area contributed by atoms with E-state index in [1.54, 1.807) is 0 Å². The molecular weight excluding hydrogens is 388 g/mol. The molecule has 140 valence electrons. The average molecular weight is 402 g/mol. The highest BCUT2D eigenvalue weighted by Crippen LogP contribution is 2.41. The number of para-hydroxylation sites is 1. The van der Waals surface area contributed by atoms with E-state index in [1.165, 1.54) is 20.2 Å². The van der Waals surface area contributed by atoms with E-state index in [9.17, 15) is 0 Å². The van der Waals surface area contributed by atoms with Crippen LogP contribution in [0, 0.1) is 0 Å². The van der Waals surface area contributed by atoms with Crippen molar-refractivity contribution in [3.8, 4) is 5.95 Å². The normalized spacial score (nSPS) is 12.0. The van der Waals surface area contributed by atoms with Gasteiger partial charge in [-0.3, -0.25) is 9.55 Å². The molecule has 0 N–H and O–H groups in total. The van der Waals surface area contributed by atoms with E-state index in [-0.39, 0.29) is 0 Å². The third-order valence-corrected chi connectivity index (χ3v) is 6.83. The van der Waals surface area contributed by atoms with Gasteiger partial charge in [0.2, 0.25) is 5.95 Å². The summed E-state index contributed by atoms with van der Waals surface area (Å²) in [5.41, 5.74) is 4.05. The summed E-state index contributed by atoms with van der Waals surface area (Å²) >= 11 is 1.82. The maximum absolute atomic E-state index is 4.92. The van der Waals surface area contributed by atoms with Crippen LogP contribution in [0.1, 0.15) is 0 Å². The zero-order valence-electron chi connectivity index (χ0n) is 15.8. The second-order valence-electron chi connectivity index (χ2n) is 7.37. The van der Waals surface area contributed by atoms with E-state index in [1.807, 2.05) is 54.1 Å². The lowest BCUT2D eigenvalue weighted by atomic mass is 10.1. The molecule has 0 atom stereocenters. The Kier molecular flexibility index (Phi) is 3.12. The van der Waals surface area contributed by atoms with Crippen molar-refractivity contribution in [2.75, 3.05) is 0 Å². The van der Waals surface area contributed by atoms with Gasteiger partial charge in [-0.05, 0) is 36.4 Å². The van der Waals surface area contributed by atoms with Crippen LogP contribution in [-0.4, -0.2) is 19.5 Å². The molecule has 5 heteroatoms. The number of nitrogens with zero attached hydrogens (tertiary/aromatic N) is 4. The molecular formula is C25H14N4S. The summed E-state index contributed by atoms with van der Waals surface area (Å²) in [6, 6.07) is 25.1. The Labute approximate surface area is 175 Å². The second-order valence-corrected chi connectivity index (χ2v) is 8.45. The Morgan fingerprint density at radius 3 is 2.63 bits per heavy atom. The van der Waals surface area contributed by atoms with Crippen molar-refractivity contribution in [2.45, 2.75) is 0 Å². The number of benzene rings is 3. The van der Waals surface area contributed by atoms with Crippen LogP contribution in [0.3, 0.4) is 0 Å². The summed E-state index contributed by atoms with van der Waals surface area (Å²) in [6.45, 7) is 0. The summed E-state index contributed by atoms with van der Waals surface area (Å²) in [6.07, 6.45) is 3.75. The number of hydrogen-bond acceptors (Lipinski definition) is 4. The lowest BCUT2D eigenvalue weighted by molar-refractivity contribution is 1.01. The van der Waals surface area contributed by atoms with Gasteiger partial charge in [-0.2, -0.15) is 0 Å². The molecule has 0 aliphatic rings. The third-order valence-electron chi connectivity index (χ3n) is 5.70. The predicted molar refractivity (Wildman–Crippen MR) is 125 cm³/mol. The Bertz CT molecular complexity index is 1760. The SMILES string of the molecule is c1ccc2nc(-n3c4cccnc4c4ccc5sc6ccccc6c5c43)ncc2c1. The molecule has 0 radical (unpaired) electrons. The number of rotatable bonds is 1. The highest BCUT2D eigenvalue weighted by atomic mass is 32.1. The van der Waals surface area contributed by atoms with Crippen molar-refractivity contribution in [3.63, 3.8) is 0 Å². The van der Waals surface area contributed by atoms with Crippen LogP contribution in [0.25, 0.3) is 59.0 Å². The zero-order valence-corrected chi connectivity index (χ0v) is 16.6. The van der Waals surface area contributed by atoms with Crippen molar-refractivity contribution in [1.29, 1.82) is 0 Å². The monoisotopic (exact) mass is 402 g/mol. The van der Waals surface area contributed by atoms with E-state index >= 15 is 0 Å². The van der Waals surface area contributed by atoms with Crippen molar-refractivity contribution in [2.24, 2.45) is 0 Å². The van der Waals surface area contributed by atoms with Gasteiger partial charge in [-0.1, -0.05) is 36.4 Å². The molecule has 0 fully saturated rings. The minimum Gasteiger partial charge on any atom is -0.276 e. The van der Waals surface area contributed by atoms with Crippen LogP contribution in [0.5, 0.6) is 0 Å². The van der Waals surface area contributed by atoms with Gasteiger partial charge in [0, 0.05) is 43.3 Å². The van der Waals surface area contributed by atoms with Gasteiger partial charge in [0.15, 0.2) is 0 Å². The lowest BCUT2D eigenvalue weighted by Gasteiger charge is -2.08. The molecule has 0 amide bonds.